The molecule has 0 N–H and O–H groups in total. The highest BCUT2D eigenvalue weighted by molar-refractivity contribution is 8.00. The number of halogens is 1. The molecule has 0 saturated carbocycles. The molecule has 1 unspecified atom stereocenters. The van der Waals surface area contributed by atoms with E-state index in [4.69, 9.17) is 0 Å². The molecule has 1 fully saturated rings. The predicted octanol–water partition coefficient (Wildman–Crippen LogP) is 2.70. The van der Waals surface area contributed by atoms with Crippen molar-refractivity contribution in [1.29, 1.82) is 0 Å². The van der Waals surface area contributed by atoms with Gasteiger partial charge in [-0.05, 0) is 18.6 Å². The molecule has 1 heterocycles. The van der Waals surface area contributed by atoms with Crippen LogP contribution in [0.15, 0.2) is 18.2 Å². The van der Waals surface area contributed by atoms with Crippen LogP contribution in [0.4, 0.5) is 10.1 Å². The van der Waals surface area contributed by atoms with Gasteiger partial charge in [-0.25, -0.2) is 4.39 Å². The first-order chi connectivity index (χ1) is 9.52. The lowest BCUT2D eigenvalue weighted by Gasteiger charge is -2.31. The number of carbonyl (C=O) groups is 1. The Morgan fingerprint density at radius 3 is 3.00 bits per heavy atom. The highest BCUT2D eigenvalue weighted by Crippen LogP contribution is 2.26. The summed E-state index contributed by atoms with van der Waals surface area (Å²) in [6, 6.07) is 2.98. The van der Waals surface area contributed by atoms with Crippen molar-refractivity contribution in [1.82, 2.24) is 4.90 Å². The van der Waals surface area contributed by atoms with Gasteiger partial charge in [0.2, 0.25) is 0 Å². The third-order valence-electron chi connectivity index (χ3n) is 3.27. The maximum absolute atomic E-state index is 13.3. The van der Waals surface area contributed by atoms with Gasteiger partial charge in [-0.1, -0.05) is 6.92 Å². The first kappa shape index (κ1) is 14.8. The quantitative estimate of drug-likeness (QED) is 0.636. The zero-order chi connectivity index (χ0) is 14.7. The summed E-state index contributed by atoms with van der Waals surface area (Å²) in [5.41, 5.74) is -0.514. The molecule has 0 spiro atoms. The Balaban J connectivity index is 2.28. The number of rotatable bonds is 3. The molecule has 7 heteroatoms. The van der Waals surface area contributed by atoms with Crippen LogP contribution in [0.3, 0.4) is 0 Å². The highest BCUT2D eigenvalue weighted by Gasteiger charge is 2.28. The number of amides is 1. The summed E-state index contributed by atoms with van der Waals surface area (Å²) in [7, 11) is 0. The van der Waals surface area contributed by atoms with Crippen LogP contribution >= 0.6 is 11.8 Å². The number of hydrogen-bond donors (Lipinski definition) is 0. The molecular weight excluding hydrogens is 283 g/mol. The molecular formula is C13H15FN2O3S. The molecule has 1 atom stereocenters. The molecule has 1 aromatic carbocycles. The first-order valence-corrected chi connectivity index (χ1v) is 7.42. The molecule has 1 amide bonds. The monoisotopic (exact) mass is 298 g/mol. The van der Waals surface area contributed by atoms with Gasteiger partial charge in [0.1, 0.15) is 11.4 Å². The van der Waals surface area contributed by atoms with Crippen molar-refractivity contribution in [2.45, 2.75) is 18.6 Å². The molecule has 1 aliphatic heterocycles. The summed E-state index contributed by atoms with van der Waals surface area (Å²) >= 11 is 1.79. The van der Waals surface area contributed by atoms with Gasteiger partial charge in [-0.2, -0.15) is 11.8 Å². The maximum atomic E-state index is 13.3. The van der Waals surface area contributed by atoms with E-state index in [1.165, 1.54) is 0 Å². The summed E-state index contributed by atoms with van der Waals surface area (Å²) in [5.74, 6) is -0.305. The topological polar surface area (TPSA) is 63.5 Å². The molecule has 0 bridgehead atoms. The number of nitro benzene ring substituents is 1. The van der Waals surface area contributed by atoms with Crippen LogP contribution in [0.5, 0.6) is 0 Å². The van der Waals surface area contributed by atoms with Crippen LogP contribution in [0, 0.1) is 15.9 Å². The first-order valence-electron chi connectivity index (χ1n) is 6.37. The van der Waals surface area contributed by atoms with Crippen molar-refractivity contribution < 1.29 is 14.1 Å². The molecule has 1 aromatic rings. The average Bonchev–Trinajstić information content (AvgIpc) is 2.46. The Hall–Kier alpha value is -1.63. The molecule has 0 aromatic heterocycles. The van der Waals surface area contributed by atoms with Gasteiger partial charge in [0.05, 0.1) is 4.92 Å². The lowest BCUT2D eigenvalue weighted by Crippen LogP contribution is -2.42. The Kier molecular flexibility index (Phi) is 4.59. The molecule has 5 nitrogen and oxygen atoms in total. The van der Waals surface area contributed by atoms with Gasteiger partial charge in [0.15, 0.2) is 0 Å². The summed E-state index contributed by atoms with van der Waals surface area (Å²) in [5, 5.41) is 11.3. The van der Waals surface area contributed by atoms with E-state index in [1.54, 1.807) is 16.7 Å². The Morgan fingerprint density at radius 1 is 1.60 bits per heavy atom. The number of nitrogens with zero attached hydrogens (tertiary/aromatic N) is 2. The fourth-order valence-electron chi connectivity index (χ4n) is 2.16. The minimum atomic E-state index is -0.650. The van der Waals surface area contributed by atoms with E-state index in [1.807, 2.05) is 6.92 Å². The van der Waals surface area contributed by atoms with Crippen molar-refractivity contribution in [3.05, 3.63) is 39.7 Å². The normalized spacial score (nSPS) is 18.9. The van der Waals surface area contributed by atoms with E-state index in [0.717, 1.165) is 30.4 Å². The zero-order valence-corrected chi connectivity index (χ0v) is 11.9. The Bertz CT molecular complexity index is 538. The summed E-state index contributed by atoms with van der Waals surface area (Å²) < 4.78 is 13.3. The van der Waals surface area contributed by atoms with E-state index in [-0.39, 0.29) is 11.3 Å². The van der Waals surface area contributed by atoms with Gasteiger partial charge in [-0.3, -0.25) is 14.9 Å². The second kappa shape index (κ2) is 6.21. The van der Waals surface area contributed by atoms with Crippen LogP contribution in [-0.4, -0.2) is 39.8 Å². The third kappa shape index (κ3) is 3.09. The summed E-state index contributed by atoms with van der Waals surface area (Å²) in [4.78, 5) is 24.3. The highest BCUT2D eigenvalue weighted by atomic mass is 32.2. The van der Waals surface area contributed by atoms with Crippen molar-refractivity contribution in [3.63, 3.8) is 0 Å². The van der Waals surface area contributed by atoms with Crippen LogP contribution in [-0.2, 0) is 0 Å². The fourth-order valence-corrected chi connectivity index (χ4v) is 3.34. The minimum Gasteiger partial charge on any atom is -0.336 e. The van der Waals surface area contributed by atoms with E-state index >= 15 is 0 Å². The smallest absolute Gasteiger partial charge is 0.282 e. The van der Waals surface area contributed by atoms with Crippen molar-refractivity contribution in [2.24, 2.45) is 0 Å². The Labute approximate surface area is 120 Å². The molecule has 1 aliphatic rings. The number of hydrogen-bond acceptors (Lipinski definition) is 4. The van der Waals surface area contributed by atoms with E-state index in [2.05, 4.69) is 0 Å². The van der Waals surface area contributed by atoms with Crippen molar-refractivity contribution in [2.75, 3.05) is 18.8 Å². The SMILES string of the molecule is CCC1CN(C(=O)c2cc(F)ccc2[N+](=O)[O-])CCS1. The Morgan fingerprint density at radius 2 is 2.35 bits per heavy atom. The maximum Gasteiger partial charge on any atom is 0.282 e. The molecule has 108 valence electrons. The predicted molar refractivity (Wildman–Crippen MR) is 75.5 cm³/mol. The van der Waals surface area contributed by atoms with E-state index in [9.17, 15) is 19.3 Å². The number of benzene rings is 1. The summed E-state index contributed by atoms with van der Waals surface area (Å²) in [6.45, 7) is 3.12. The molecule has 20 heavy (non-hydrogen) atoms. The number of thioether (sulfide) groups is 1. The largest absolute Gasteiger partial charge is 0.336 e. The summed E-state index contributed by atoms with van der Waals surface area (Å²) in [6.07, 6.45) is 0.930. The van der Waals surface area contributed by atoms with Crippen LogP contribution in [0.25, 0.3) is 0 Å². The van der Waals surface area contributed by atoms with E-state index < -0.39 is 16.6 Å². The zero-order valence-electron chi connectivity index (χ0n) is 11.0. The number of carbonyl (C=O) groups excluding carboxylic acids is 1. The number of nitro groups is 1. The van der Waals surface area contributed by atoms with Crippen LogP contribution in [0.2, 0.25) is 0 Å². The molecule has 2 rings (SSSR count). The van der Waals surface area contributed by atoms with Gasteiger partial charge in [0, 0.05) is 30.2 Å². The van der Waals surface area contributed by atoms with Gasteiger partial charge < -0.3 is 4.90 Å². The van der Waals surface area contributed by atoms with Crippen LogP contribution < -0.4 is 0 Å². The fraction of sp³-hybridized carbons (Fsp3) is 0.462. The second-order valence-corrected chi connectivity index (χ2v) is 5.98. The molecule has 1 saturated heterocycles. The second-order valence-electron chi connectivity index (χ2n) is 4.57. The minimum absolute atomic E-state index is 0.170. The van der Waals surface area contributed by atoms with Gasteiger partial charge >= 0.3 is 0 Å². The lowest BCUT2D eigenvalue weighted by molar-refractivity contribution is -0.385. The van der Waals surface area contributed by atoms with Crippen molar-refractivity contribution >= 4 is 23.4 Å². The average molecular weight is 298 g/mol. The van der Waals surface area contributed by atoms with Crippen LogP contribution in [0.1, 0.15) is 23.7 Å². The lowest BCUT2D eigenvalue weighted by atomic mass is 10.1. The third-order valence-corrected chi connectivity index (χ3v) is 4.64. The molecule has 0 aliphatic carbocycles. The molecule has 0 radical (unpaired) electrons. The van der Waals surface area contributed by atoms with Crippen molar-refractivity contribution in [3.8, 4) is 0 Å². The van der Waals surface area contributed by atoms with Gasteiger partial charge in [-0.15, -0.1) is 0 Å². The van der Waals surface area contributed by atoms with Gasteiger partial charge in [0.25, 0.3) is 11.6 Å². The standard InChI is InChI=1S/C13H15FN2O3S/c1-2-10-8-15(5-6-20-10)13(17)11-7-9(14)3-4-12(11)16(18)19/h3-4,7,10H,2,5-6,8H2,1H3. The van der Waals surface area contributed by atoms with E-state index in [0.29, 0.717) is 18.3 Å².